The second-order valence-electron chi connectivity index (χ2n) is 6.16. The van der Waals surface area contributed by atoms with Crippen molar-refractivity contribution in [2.45, 2.75) is 20.0 Å². The molecule has 136 valence electrons. The lowest BCUT2D eigenvalue weighted by molar-refractivity contribution is -0.141. The highest BCUT2D eigenvalue weighted by Gasteiger charge is 2.29. The number of hydrogen-bond acceptors (Lipinski definition) is 5. The molecule has 1 saturated heterocycles. The Balaban J connectivity index is 1.51. The minimum atomic E-state index is -0.840. The van der Waals surface area contributed by atoms with Crippen molar-refractivity contribution in [3.63, 3.8) is 0 Å². The Kier molecular flexibility index (Phi) is 5.68. The number of aromatic nitrogens is 1. The molecule has 3 rings (SSSR count). The lowest BCUT2D eigenvalue weighted by Crippen LogP contribution is -2.28. The van der Waals surface area contributed by atoms with Crippen LogP contribution in [0.2, 0.25) is 0 Å². The van der Waals surface area contributed by atoms with Gasteiger partial charge in [-0.3, -0.25) is 9.59 Å². The van der Waals surface area contributed by atoms with Gasteiger partial charge in [-0.2, -0.15) is 0 Å². The molecule has 1 unspecified atom stereocenters. The molecular weight excluding hydrogens is 352 g/mol. The Morgan fingerprint density at radius 2 is 2.15 bits per heavy atom. The fourth-order valence-electron chi connectivity index (χ4n) is 2.74. The predicted octanol–water partition coefficient (Wildman–Crippen LogP) is 2.98. The molecule has 1 atom stereocenters. The molecule has 26 heavy (non-hydrogen) atoms. The van der Waals surface area contributed by atoms with Gasteiger partial charge in [0.2, 0.25) is 5.91 Å². The third-order valence-corrected chi connectivity index (χ3v) is 5.02. The summed E-state index contributed by atoms with van der Waals surface area (Å²) in [5, 5.41) is 12.0. The predicted molar refractivity (Wildman–Crippen MR) is 99.0 cm³/mol. The number of likely N-dealkylation sites (tertiary alicyclic amines) is 1. The molecule has 1 aromatic heterocycles. The van der Waals surface area contributed by atoms with Crippen molar-refractivity contribution >= 4 is 29.3 Å². The number of carbonyl (C=O) groups excluding carboxylic acids is 1. The standard InChI is InChI=1S/C19H20N2O4S/c1-13-20-16(12-26-13)11-25-17-5-2-14(3-6-17)4-7-18(22)21-9-8-15(10-21)19(23)24/h2-7,12,15H,8-11H2,1H3,(H,23,24). The summed E-state index contributed by atoms with van der Waals surface area (Å²) in [6.07, 6.45) is 3.72. The van der Waals surface area contributed by atoms with E-state index in [0.29, 0.717) is 19.6 Å². The van der Waals surface area contributed by atoms with Crippen molar-refractivity contribution in [3.8, 4) is 5.75 Å². The SMILES string of the molecule is Cc1nc(COc2ccc(C=CC(=O)N3CCC(C(=O)O)C3)cc2)cs1. The van der Waals surface area contributed by atoms with Crippen LogP contribution in [0.25, 0.3) is 6.08 Å². The van der Waals surface area contributed by atoms with Gasteiger partial charge in [-0.05, 0) is 37.1 Å². The molecule has 1 fully saturated rings. The van der Waals surface area contributed by atoms with Gasteiger partial charge in [0, 0.05) is 24.5 Å². The number of nitrogens with zero attached hydrogens (tertiary/aromatic N) is 2. The van der Waals surface area contributed by atoms with Crippen LogP contribution in [-0.2, 0) is 16.2 Å². The molecule has 2 aromatic rings. The van der Waals surface area contributed by atoms with E-state index >= 15 is 0 Å². The second-order valence-corrected chi connectivity index (χ2v) is 7.22. The molecule has 0 bridgehead atoms. The maximum absolute atomic E-state index is 12.1. The Morgan fingerprint density at radius 1 is 1.38 bits per heavy atom. The third kappa shape index (κ3) is 4.70. The van der Waals surface area contributed by atoms with Crippen LogP contribution in [0, 0.1) is 12.8 Å². The minimum Gasteiger partial charge on any atom is -0.487 e. The van der Waals surface area contributed by atoms with E-state index in [1.165, 1.54) is 6.08 Å². The summed E-state index contributed by atoms with van der Waals surface area (Å²) in [5.41, 5.74) is 1.79. The zero-order valence-corrected chi connectivity index (χ0v) is 15.2. The van der Waals surface area contributed by atoms with Gasteiger partial charge in [-0.15, -0.1) is 11.3 Å². The molecule has 0 radical (unpaired) electrons. The van der Waals surface area contributed by atoms with E-state index < -0.39 is 11.9 Å². The summed E-state index contributed by atoms with van der Waals surface area (Å²) < 4.78 is 5.69. The fraction of sp³-hybridized carbons (Fsp3) is 0.316. The van der Waals surface area contributed by atoms with E-state index in [0.717, 1.165) is 22.0 Å². The van der Waals surface area contributed by atoms with Crippen LogP contribution >= 0.6 is 11.3 Å². The minimum absolute atomic E-state index is 0.159. The Morgan fingerprint density at radius 3 is 2.77 bits per heavy atom. The number of aryl methyl sites for hydroxylation is 1. The van der Waals surface area contributed by atoms with Crippen molar-refractivity contribution in [2.24, 2.45) is 5.92 Å². The lowest BCUT2D eigenvalue weighted by atomic mass is 10.1. The van der Waals surface area contributed by atoms with E-state index in [9.17, 15) is 9.59 Å². The van der Waals surface area contributed by atoms with Gasteiger partial charge in [0.25, 0.3) is 0 Å². The molecule has 0 aliphatic carbocycles. The molecule has 6 nitrogen and oxygen atoms in total. The molecular formula is C19H20N2O4S. The summed E-state index contributed by atoms with van der Waals surface area (Å²) in [6.45, 7) is 3.16. The summed E-state index contributed by atoms with van der Waals surface area (Å²) >= 11 is 1.59. The van der Waals surface area contributed by atoms with Gasteiger partial charge in [-0.25, -0.2) is 4.98 Å². The highest BCUT2D eigenvalue weighted by atomic mass is 32.1. The summed E-state index contributed by atoms with van der Waals surface area (Å²) in [5.74, 6) is -0.714. The Hall–Kier alpha value is -2.67. The maximum Gasteiger partial charge on any atom is 0.308 e. The first-order valence-electron chi connectivity index (χ1n) is 8.35. The number of carboxylic acid groups (broad SMARTS) is 1. The van der Waals surface area contributed by atoms with E-state index in [1.807, 2.05) is 36.6 Å². The number of ether oxygens (including phenoxy) is 1. The lowest BCUT2D eigenvalue weighted by Gasteiger charge is -2.12. The number of aliphatic carboxylic acids is 1. The molecule has 1 N–H and O–H groups in total. The van der Waals surface area contributed by atoms with Crippen LogP contribution in [0.5, 0.6) is 5.75 Å². The quantitative estimate of drug-likeness (QED) is 0.789. The van der Waals surface area contributed by atoms with Gasteiger partial charge in [0.15, 0.2) is 0 Å². The second kappa shape index (κ2) is 8.14. The van der Waals surface area contributed by atoms with Crippen LogP contribution < -0.4 is 4.74 Å². The van der Waals surface area contributed by atoms with Gasteiger partial charge in [-0.1, -0.05) is 12.1 Å². The van der Waals surface area contributed by atoms with Crippen LogP contribution in [-0.4, -0.2) is 40.0 Å². The maximum atomic E-state index is 12.1. The zero-order chi connectivity index (χ0) is 18.5. The Bertz CT molecular complexity index is 813. The monoisotopic (exact) mass is 372 g/mol. The Labute approximate surface area is 155 Å². The van der Waals surface area contributed by atoms with Crippen molar-refractivity contribution in [1.29, 1.82) is 0 Å². The van der Waals surface area contributed by atoms with E-state index in [2.05, 4.69) is 4.98 Å². The number of carbonyl (C=O) groups is 2. The average molecular weight is 372 g/mol. The van der Waals surface area contributed by atoms with E-state index in [4.69, 9.17) is 9.84 Å². The average Bonchev–Trinajstić information content (AvgIpc) is 3.28. The largest absolute Gasteiger partial charge is 0.487 e. The number of rotatable bonds is 6. The van der Waals surface area contributed by atoms with Crippen LogP contribution in [0.4, 0.5) is 0 Å². The highest BCUT2D eigenvalue weighted by Crippen LogP contribution is 2.18. The van der Waals surface area contributed by atoms with Gasteiger partial charge >= 0.3 is 5.97 Å². The number of benzene rings is 1. The van der Waals surface area contributed by atoms with E-state index in [-0.39, 0.29) is 12.5 Å². The molecule has 2 heterocycles. The third-order valence-electron chi connectivity index (χ3n) is 4.20. The first kappa shape index (κ1) is 18.1. The summed E-state index contributed by atoms with van der Waals surface area (Å²) in [7, 11) is 0. The summed E-state index contributed by atoms with van der Waals surface area (Å²) in [6, 6.07) is 7.43. The molecule has 1 aromatic carbocycles. The number of amides is 1. The van der Waals surface area contributed by atoms with Gasteiger partial charge in [0.05, 0.1) is 16.6 Å². The number of thiazole rings is 1. The van der Waals surface area contributed by atoms with Crippen LogP contribution in [0.1, 0.15) is 22.7 Å². The van der Waals surface area contributed by atoms with Crippen molar-refractivity contribution in [2.75, 3.05) is 13.1 Å². The molecule has 1 amide bonds. The first-order valence-corrected chi connectivity index (χ1v) is 9.23. The smallest absolute Gasteiger partial charge is 0.308 e. The molecule has 7 heteroatoms. The van der Waals surface area contributed by atoms with Gasteiger partial charge < -0.3 is 14.7 Å². The first-order chi connectivity index (χ1) is 12.5. The zero-order valence-electron chi connectivity index (χ0n) is 14.4. The van der Waals surface area contributed by atoms with E-state index in [1.54, 1.807) is 22.3 Å². The van der Waals surface area contributed by atoms with Crippen molar-refractivity contribution in [3.05, 3.63) is 52.0 Å². The van der Waals surface area contributed by atoms with Crippen molar-refractivity contribution < 1.29 is 19.4 Å². The molecule has 1 aliphatic rings. The summed E-state index contributed by atoms with van der Waals surface area (Å²) in [4.78, 5) is 29.0. The topological polar surface area (TPSA) is 79.7 Å². The fourth-order valence-corrected chi connectivity index (χ4v) is 3.34. The number of carboxylic acids is 1. The van der Waals surface area contributed by atoms with Crippen LogP contribution in [0.15, 0.2) is 35.7 Å². The number of hydrogen-bond donors (Lipinski definition) is 1. The van der Waals surface area contributed by atoms with Crippen LogP contribution in [0.3, 0.4) is 0 Å². The molecule has 1 aliphatic heterocycles. The highest BCUT2D eigenvalue weighted by molar-refractivity contribution is 7.09. The molecule has 0 spiro atoms. The molecule has 0 saturated carbocycles. The van der Waals surface area contributed by atoms with Gasteiger partial charge in [0.1, 0.15) is 12.4 Å². The normalized spacial score (nSPS) is 17.0. The van der Waals surface area contributed by atoms with Crippen molar-refractivity contribution in [1.82, 2.24) is 9.88 Å².